The fourth-order valence-electron chi connectivity index (χ4n) is 2.45. The van der Waals surface area contributed by atoms with Crippen molar-refractivity contribution < 1.29 is 27.6 Å². The molecule has 2 aromatic carbocycles. The number of nitro benzene ring substituents is 1. The molecule has 0 amide bonds. The van der Waals surface area contributed by atoms with Crippen LogP contribution in [0.5, 0.6) is 17.2 Å². The molecule has 27 heavy (non-hydrogen) atoms. The summed E-state index contributed by atoms with van der Waals surface area (Å²) in [5.41, 5.74) is 0.684. The topological polar surface area (TPSA) is 117 Å². The standard InChI is InChI=1S/C17H20N2O7S/c1-11-5-6-13(9-14(11)19(20)21)27(22,23)18-10-12-7-15(24-2)17(26-4)16(8-12)25-3/h5-9,18H,10H2,1-4H3. The lowest BCUT2D eigenvalue weighted by molar-refractivity contribution is -0.385. The van der Waals surface area contributed by atoms with Gasteiger partial charge in [0, 0.05) is 18.2 Å². The van der Waals surface area contributed by atoms with Gasteiger partial charge in [-0.3, -0.25) is 10.1 Å². The molecule has 0 aliphatic heterocycles. The first-order valence-electron chi connectivity index (χ1n) is 7.77. The molecule has 1 N–H and O–H groups in total. The van der Waals surface area contributed by atoms with Gasteiger partial charge in [-0.1, -0.05) is 6.07 Å². The first-order valence-corrected chi connectivity index (χ1v) is 9.25. The van der Waals surface area contributed by atoms with Crippen molar-refractivity contribution in [2.75, 3.05) is 21.3 Å². The van der Waals surface area contributed by atoms with E-state index in [0.29, 0.717) is 28.4 Å². The van der Waals surface area contributed by atoms with Gasteiger partial charge in [0.05, 0.1) is 31.1 Å². The average molecular weight is 396 g/mol. The zero-order chi connectivity index (χ0) is 20.2. The largest absolute Gasteiger partial charge is 0.493 e. The summed E-state index contributed by atoms with van der Waals surface area (Å²) in [4.78, 5) is 10.2. The van der Waals surface area contributed by atoms with Gasteiger partial charge >= 0.3 is 0 Å². The first-order chi connectivity index (χ1) is 12.7. The lowest BCUT2D eigenvalue weighted by Gasteiger charge is -2.14. The Morgan fingerprint density at radius 1 is 1.04 bits per heavy atom. The molecule has 0 aliphatic rings. The maximum Gasteiger partial charge on any atom is 0.273 e. The lowest BCUT2D eigenvalue weighted by Crippen LogP contribution is -2.23. The zero-order valence-electron chi connectivity index (χ0n) is 15.3. The Morgan fingerprint density at radius 2 is 1.63 bits per heavy atom. The summed E-state index contributed by atoms with van der Waals surface area (Å²) in [7, 11) is 0.422. The molecule has 146 valence electrons. The van der Waals surface area contributed by atoms with Crippen LogP contribution in [0.25, 0.3) is 0 Å². The van der Waals surface area contributed by atoms with Gasteiger partial charge in [-0.25, -0.2) is 13.1 Å². The van der Waals surface area contributed by atoms with Gasteiger partial charge in [-0.15, -0.1) is 0 Å². The zero-order valence-corrected chi connectivity index (χ0v) is 16.1. The Kier molecular flexibility index (Phi) is 6.24. The minimum absolute atomic E-state index is 0.0687. The molecule has 0 aromatic heterocycles. The van der Waals surface area contributed by atoms with E-state index in [1.165, 1.54) is 40.4 Å². The van der Waals surface area contributed by atoms with E-state index in [9.17, 15) is 18.5 Å². The number of sulfonamides is 1. The second-order valence-corrected chi connectivity index (χ2v) is 7.33. The third-order valence-electron chi connectivity index (χ3n) is 3.88. The molecule has 0 saturated heterocycles. The van der Waals surface area contributed by atoms with Crippen LogP contribution < -0.4 is 18.9 Å². The minimum atomic E-state index is -3.95. The molecule has 10 heteroatoms. The first kappa shape index (κ1) is 20.5. The van der Waals surface area contributed by atoms with Crippen molar-refractivity contribution in [3.05, 3.63) is 51.6 Å². The number of hydrogen-bond donors (Lipinski definition) is 1. The highest BCUT2D eigenvalue weighted by Gasteiger charge is 2.20. The maximum absolute atomic E-state index is 12.5. The highest BCUT2D eigenvalue weighted by Crippen LogP contribution is 2.38. The molecule has 0 unspecified atom stereocenters. The SMILES string of the molecule is COc1cc(CNS(=O)(=O)c2ccc(C)c([N+](=O)[O-])c2)cc(OC)c1OC. The Hall–Kier alpha value is -2.85. The van der Waals surface area contributed by atoms with Crippen LogP contribution in [0.1, 0.15) is 11.1 Å². The van der Waals surface area contributed by atoms with Gasteiger partial charge in [-0.2, -0.15) is 0 Å². The normalized spacial score (nSPS) is 11.1. The van der Waals surface area contributed by atoms with Crippen LogP contribution in [0.3, 0.4) is 0 Å². The van der Waals surface area contributed by atoms with Crippen LogP contribution in [0.4, 0.5) is 5.69 Å². The number of ether oxygens (including phenoxy) is 3. The molecule has 0 atom stereocenters. The molecule has 2 rings (SSSR count). The number of aryl methyl sites for hydroxylation is 1. The van der Waals surface area contributed by atoms with Crippen molar-refractivity contribution in [1.29, 1.82) is 0 Å². The van der Waals surface area contributed by atoms with Crippen molar-refractivity contribution in [1.82, 2.24) is 4.72 Å². The van der Waals surface area contributed by atoms with Crippen LogP contribution in [-0.2, 0) is 16.6 Å². The smallest absolute Gasteiger partial charge is 0.273 e. The fourth-order valence-corrected chi connectivity index (χ4v) is 3.49. The Labute approximate surface area is 157 Å². The molecule has 0 bridgehead atoms. The van der Waals surface area contributed by atoms with E-state index in [1.54, 1.807) is 12.1 Å². The molecular weight excluding hydrogens is 376 g/mol. The fraction of sp³-hybridized carbons (Fsp3) is 0.294. The number of rotatable bonds is 8. The number of nitro groups is 1. The van der Waals surface area contributed by atoms with E-state index in [0.717, 1.165) is 6.07 Å². The van der Waals surface area contributed by atoms with Crippen LogP contribution in [0.15, 0.2) is 35.2 Å². The summed E-state index contributed by atoms with van der Waals surface area (Å²) in [5.74, 6) is 1.16. The summed E-state index contributed by atoms with van der Waals surface area (Å²) < 4.78 is 43.1. The molecule has 0 saturated carbocycles. The monoisotopic (exact) mass is 396 g/mol. The quantitative estimate of drug-likeness (QED) is 0.538. The van der Waals surface area contributed by atoms with Gasteiger partial charge in [0.2, 0.25) is 15.8 Å². The van der Waals surface area contributed by atoms with E-state index >= 15 is 0 Å². The molecule has 0 aliphatic carbocycles. The highest BCUT2D eigenvalue weighted by molar-refractivity contribution is 7.89. The average Bonchev–Trinajstić information content (AvgIpc) is 2.65. The van der Waals surface area contributed by atoms with Gasteiger partial charge in [0.25, 0.3) is 5.69 Å². The number of benzene rings is 2. The maximum atomic E-state index is 12.5. The Balaban J connectivity index is 2.30. The number of hydrogen-bond acceptors (Lipinski definition) is 7. The number of nitrogens with one attached hydrogen (secondary N) is 1. The van der Waals surface area contributed by atoms with Gasteiger partial charge in [0.1, 0.15) is 0 Å². The molecule has 2 aromatic rings. The van der Waals surface area contributed by atoms with Crippen molar-refractivity contribution in [3.63, 3.8) is 0 Å². The summed E-state index contributed by atoms with van der Waals surface area (Å²) in [6.45, 7) is 1.47. The van der Waals surface area contributed by atoms with Crippen LogP contribution in [0, 0.1) is 17.0 Å². The predicted octanol–water partition coefficient (Wildman–Crippen LogP) is 2.41. The van der Waals surface area contributed by atoms with Crippen LogP contribution in [0.2, 0.25) is 0 Å². The summed E-state index contributed by atoms with van der Waals surface area (Å²) in [6, 6.07) is 6.97. The Morgan fingerprint density at radius 3 is 2.11 bits per heavy atom. The van der Waals surface area contributed by atoms with E-state index in [-0.39, 0.29) is 17.1 Å². The van der Waals surface area contributed by atoms with Crippen molar-refractivity contribution in [2.45, 2.75) is 18.4 Å². The van der Waals surface area contributed by atoms with Gasteiger partial charge in [0.15, 0.2) is 11.5 Å². The predicted molar refractivity (Wildman–Crippen MR) is 98.0 cm³/mol. The summed E-state index contributed by atoms with van der Waals surface area (Å²) in [6.07, 6.45) is 0. The number of methoxy groups -OCH3 is 3. The minimum Gasteiger partial charge on any atom is -0.493 e. The van der Waals surface area contributed by atoms with E-state index in [4.69, 9.17) is 14.2 Å². The van der Waals surface area contributed by atoms with Crippen molar-refractivity contribution in [3.8, 4) is 17.2 Å². The van der Waals surface area contributed by atoms with Crippen LogP contribution in [-0.4, -0.2) is 34.7 Å². The third kappa shape index (κ3) is 4.47. The molecule has 0 spiro atoms. The highest BCUT2D eigenvalue weighted by atomic mass is 32.2. The van der Waals surface area contributed by atoms with Crippen molar-refractivity contribution in [2.24, 2.45) is 0 Å². The molecular formula is C17H20N2O7S. The second kappa shape index (κ2) is 8.23. The molecule has 0 heterocycles. The van der Waals surface area contributed by atoms with E-state index in [2.05, 4.69) is 4.72 Å². The second-order valence-electron chi connectivity index (χ2n) is 5.56. The van der Waals surface area contributed by atoms with Gasteiger partial charge < -0.3 is 14.2 Å². The summed E-state index contributed by atoms with van der Waals surface area (Å²) >= 11 is 0. The molecule has 0 radical (unpaired) electrons. The summed E-state index contributed by atoms with van der Waals surface area (Å²) in [5, 5.41) is 11.0. The molecule has 9 nitrogen and oxygen atoms in total. The van der Waals surface area contributed by atoms with E-state index < -0.39 is 14.9 Å². The van der Waals surface area contributed by atoms with Crippen LogP contribution >= 0.6 is 0 Å². The Bertz CT molecular complexity index is 933. The third-order valence-corrected chi connectivity index (χ3v) is 5.28. The van der Waals surface area contributed by atoms with Gasteiger partial charge in [-0.05, 0) is 30.7 Å². The van der Waals surface area contributed by atoms with E-state index in [1.807, 2.05) is 0 Å². The van der Waals surface area contributed by atoms with Crippen molar-refractivity contribution >= 4 is 15.7 Å². The number of nitrogens with zero attached hydrogens (tertiary/aromatic N) is 1. The lowest BCUT2D eigenvalue weighted by atomic mass is 10.2. The molecule has 0 fully saturated rings.